The van der Waals surface area contributed by atoms with Crippen LogP contribution >= 0.6 is 0 Å². The van der Waals surface area contributed by atoms with Crippen LogP contribution in [0.15, 0.2) is 29.2 Å². The van der Waals surface area contributed by atoms with Gasteiger partial charge in [0.1, 0.15) is 6.04 Å². The van der Waals surface area contributed by atoms with Gasteiger partial charge in [0.25, 0.3) is 5.91 Å². The third kappa shape index (κ3) is 3.10. The minimum Gasteiger partial charge on any atom is -0.480 e. The average molecular weight is 363 g/mol. The zero-order valence-electron chi connectivity index (χ0n) is 13.3. The van der Waals surface area contributed by atoms with Gasteiger partial charge in [0.15, 0.2) is 0 Å². The molecule has 2 aliphatic rings. The van der Waals surface area contributed by atoms with E-state index in [4.69, 9.17) is 5.26 Å². The second kappa shape index (κ2) is 6.46. The Morgan fingerprint density at radius 1 is 1.28 bits per heavy atom. The monoisotopic (exact) mass is 363 g/mol. The number of carbonyl (C=O) groups excluding carboxylic acids is 1. The lowest BCUT2D eigenvalue weighted by Gasteiger charge is -2.34. The third-order valence-corrected chi connectivity index (χ3v) is 6.38. The number of carboxylic acid groups (broad SMARTS) is 1. The third-order valence-electron chi connectivity index (χ3n) is 4.55. The fourth-order valence-electron chi connectivity index (χ4n) is 3.09. The summed E-state index contributed by atoms with van der Waals surface area (Å²) in [4.78, 5) is 25.1. The Morgan fingerprint density at radius 2 is 2.00 bits per heavy atom. The molecule has 0 aliphatic carbocycles. The van der Waals surface area contributed by atoms with E-state index in [1.165, 1.54) is 33.5 Å². The van der Waals surface area contributed by atoms with E-state index in [2.05, 4.69) is 0 Å². The van der Waals surface area contributed by atoms with E-state index in [-0.39, 0.29) is 29.5 Å². The van der Waals surface area contributed by atoms with Crippen LogP contribution in [-0.2, 0) is 14.8 Å². The molecule has 1 aromatic carbocycles. The first kappa shape index (κ1) is 17.4. The van der Waals surface area contributed by atoms with E-state index in [0.717, 1.165) is 0 Å². The summed E-state index contributed by atoms with van der Waals surface area (Å²) in [6.07, 6.45) is 0.992. The Kier molecular flexibility index (Phi) is 4.49. The van der Waals surface area contributed by atoms with Crippen LogP contribution in [0.3, 0.4) is 0 Å². The zero-order valence-corrected chi connectivity index (χ0v) is 14.1. The number of nitrogens with zero attached hydrogens (tertiary/aromatic N) is 3. The zero-order chi connectivity index (χ0) is 18.2. The number of sulfonamides is 1. The van der Waals surface area contributed by atoms with Crippen molar-refractivity contribution in [3.8, 4) is 6.07 Å². The van der Waals surface area contributed by atoms with Gasteiger partial charge in [-0.15, -0.1) is 0 Å². The van der Waals surface area contributed by atoms with Crippen LogP contribution in [0.25, 0.3) is 0 Å². The lowest BCUT2D eigenvalue weighted by atomic mass is 10.1. The van der Waals surface area contributed by atoms with Crippen molar-refractivity contribution in [1.29, 1.82) is 5.26 Å². The number of benzene rings is 1. The van der Waals surface area contributed by atoms with E-state index < -0.39 is 27.9 Å². The van der Waals surface area contributed by atoms with Crippen LogP contribution in [0.2, 0.25) is 0 Å². The second-order valence-electron chi connectivity index (χ2n) is 6.17. The summed E-state index contributed by atoms with van der Waals surface area (Å²) in [5, 5.41) is 18.0. The molecule has 0 aromatic heterocycles. The average Bonchev–Trinajstić information content (AvgIpc) is 3.03. The standard InChI is InChI=1S/C16H17N3O5S/c17-8-11-9-18(10-11)25(23,24)13-4-1-3-12(7-13)15(20)19-6-2-5-14(19)16(21)22/h1,3-4,7,11,14H,2,5-6,9-10H2,(H,21,22)/t14-/m1/s1. The second-order valence-corrected chi connectivity index (χ2v) is 8.11. The van der Waals surface area contributed by atoms with Gasteiger partial charge in [0.2, 0.25) is 10.0 Å². The van der Waals surface area contributed by atoms with Gasteiger partial charge >= 0.3 is 5.97 Å². The fraction of sp³-hybridized carbons (Fsp3) is 0.438. The van der Waals surface area contributed by atoms with E-state index >= 15 is 0 Å². The maximum atomic E-state index is 12.6. The highest BCUT2D eigenvalue weighted by Gasteiger charge is 2.38. The van der Waals surface area contributed by atoms with Crippen molar-refractivity contribution in [3.63, 3.8) is 0 Å². The molecule has 0 bridgehead atoms. The SMILES string of the molecule is N#CC1CN(S(=O)(=O)c2cccc(C(=O)N3CCC[C@@H]3C(=O)O)c2)C1. The molecule has 0 saturated carbocycles. The van der Waals surface area contributed by atoms with Gasteiger partial charge in [0.05, 0.1) is 16.9 Å². The Labute approximate surface area is 145 Å². The topological polar surface area (TPSA) is 119 Å². The molecular weight excluding hydrogens is 346 g/mol. The van der Waals surface area contributed by atoms with E-state index in [1.54, 1.807) is 0 Å². The predicted octanol–water partition coefficient (Wildman–Crippen LogP) is 0.520. The Morgan fingerprint density at radius 3 is 2.64 bits per heavy atom. The van der Waals surface area contributed by atoms with E-state index in [9.17, 15) is 23.1 Å². The molecule has 1 N–H and O–H groups in total. The number of carbonyl (C=O) groups is 2. The van der Waals surface area contributed by atoms with Crippen molar-refractivity contribution in [3.05, 3.63) is 29.8 Å². The molecule has 2 fully saturated rings. The fourth-order valence-corrected chi connectivity index (χ4v) is 4.66. The van der Waals surface area contributed by atoms with Crippen LogP contribution in [0.4, 0.5) is 0 Å². The van der Waals surface area contributed by atoms with Gasteiger partial charge in [-0.1, -0.05) is 6.07 Å². The lowest BCUT2D eigenvalue weighted by molar-refractivity contribution is -0.141. The molecule has 0 unspecified atom stereocenters. The number of carboxylic acids is 1. The summed E-state index contributed by atoms with van der Waals surface area (Å²) in [5.41, 5.74) is 0.145. The minimum absolute atomic E-state index is 0.0270. The number of likely N-dealkylation sites (tertiary alicyclic amines) is 1. The smallest absolute Gasteiger partial charge is 0.326 e. The van der Waals surface area contributed by atoms with Crippen molar-refractivity contribution in [2.45, 2.75) is 23.8 Å². The molecule has 3 rings (SSSR count). The molecule has 0 spiro atoms. The number of hydrogen-bond donors (Lipinski definition) is 1. The van der Waals surface area contributed by atoms with E-state index in [0.29, 0.717) is 19.4 Å². The van der Waals surface area contributed by atoms with Gasteiger partial charge in [-0.3, -0.25) is 4.79 Å². The first-order valence-electron chi connectivity index (χ1n) is 7.88. The van der Waals surface area contributed by atoms with Crippen LogP contribution in [0, 0.1) is 17.2 Å². The summed E-state index contributed by atoms with van der Waals surface area (Å²) in [5.74, 6) is -1.85. The highest BCUT2D eigenvalue weighted by Crippen LogP contribution is 2.26. The first-order chi connectivity index (χ1) is 11.8. The van der Waals surface area contributed by atoms with Gasteiger partial charge in [0, 0.05) is 25.2 Å². The molecule has 2 saturated heterocycles. The van der Waals surface area contributed by atoms with Gasteiger partial charge < -0.3 is 10.0 Å². The molecule has 2 heterocycles. The Balaban J connectivity index is 1.83. The van der Waals surface area contributed by atoms with Crippen molar-refractivity contribution >= 4 is 21.9 Å². The Bertz CT molecular complexity index is 855. The molecule has 1 amide bonds. The summed E-state index contributed by atoms with van der Waals surface area (Å²) >= 11 is 0. The Hall–Kier alpha value is -2.44. The molecule has 9 heteroatoms. The van der Waals surface area contributed by atoms with Crippen LogP contribution in [-0.4, -0.2) is 60.3 Å². The molecule has 25 heavy (non-hydrogen) atoms. The molecule has 1 aromatic rings. The first-order valence-corrected chi connectivity index (χ1v) is 9.32. The van der Waals surface area contributed by atoms with Crippen LogP contribution < -0.4 is 0 Å². The number of hydrogen-bond acceptors (Lipinski definition) is 5. The molecule has 2 aliphatic heterocycles. The summed E-state index contributed by atoms with van der Waals surface area (Å²) < 4.78 is 26.3. The normalized spacial score (nSPS) is 21.6. The highest BCUT2D eigenvalue weighted by atomic mass is 32.2. The molecular formula is C16H17N3O5S. The van der Waals surface area contributed by atoms with Crippen molar-refractivity contribution in [1.82, 2.24) is 9.21 Å². The summed E-state index contributed by atoms with van der Waals surface area (Å²) in [6.45, 7) is 0.622. The maximum Gasteiger partial charge on any atom is 0.326 e. The number of amides is 1. The number of rotatable bonds is 4. The molecule has 0 radical (unpaired) electrons. The van der Waals surface area contributed by atoms with E-state index in [1.807, 2.05) is 6.07 Å². The minimum atomic E-state index is -3.76. The number of nitriles is 1. The largest absolute Gasteiger partial charge is 0.480 e. The highest BCUT2D eigenvalue weighted by molar-refractivity contribution is 7.89. The van der Waals surface area contributed by atoms with Gasteiger partial charge in [-0.2, -0.15) is 9.57 Å². The quantitative estimate of drug-likeness (QED) is 0.833. The lowest BCUT2D eigenvalue weighted by Crippen LogP contribution is -2.49. The van der Waals surface area contributed by atoms with Gasteiger partial charge in [-0.25, -0.2) is 13.2 Å². The van der Waals surface area contributed by atoms with Crippen molar-refractivity contribution in [2.75, 3.05) is 19.6 Å². The summed E-state index contributed by atoms with van der Waals surface area (Å²) in [7, 11) is -3.76. The van der Waals surface area contributed by atoms with Crippen LogP contribution in [0.1, 0.15) is 23.2 Å². The maximum absolute atomic E-state index is 12.6. The number of aliphatic carboxylic acids is 1. The van der Waals surface area contributed by atoms with Crippen molar-refractivity contribution in [2.24, 2.45) is 5.92 Å². The molecule has 1 atom stereocenters. The molecule has 132 valence electrons. The van der Waals surface area contributed by atoms with Crippen LogP contribution in [0.5, 0.6) is 0 Å². The van der Waals surface area contributed by atoms with Crippen molar-refractivity contribution < 1.29 is 23.1 Å². The molecule has 8 nitrogen and oxygen atoms in total. The van der Waals surface area contributed by atoms with Gasteiger partial charge in [-0.05, 0) is 31.0 Å². The predicted molar refractivity (Wildman–Crippen MR) is 86.0 cm³/mol. The summed E-state index contributed by atoms with van der Waals surface area (Å²) in [6, 6.07) is 6.75.